The van der Waals surface area contributed by atoms with E-state index < -0.39 is 0 Å². The van der Waals surface area contributed by atoms with Crippen molar-refractivity contribution in [1.29, 1.82) is 0 Å². The topological polar surface area (TPSA) is 28.7 Å². The third-order valence-corrected chi connectivity index (χ3v) is 5.60. The molecule has 4 rings (SSSR count). The van der Waals surface area contributed by atoms with Crippen LogP contribution in [0.15, 0.2) is 60.9 Å². The van der Waals surface area contributed by atoms with Crippen molar-refractivity contribution in [3.8, 4) is 0 Å². The molecule has 1 heterocycles. The summed E-state index contributed by atoms with van der Waals surface area (Å²) in [5.41, 5.74) is 5.15. The van der Waals surface area contributed by atoms with Gasteiger partial charge in [0.2, 0.25) is 0 Å². The third-order valence-electron chi connectivity index (χ3n) is 5.37. The summed E-state index contributed by atoms with van der Waals surface area (Å²) in [5.74, 6) is 0.741. The molecular weight excluding hydrogens is 363 g/mol. The molecular formula is C24H29BClN2. The predicted molar refractivity (Wildman–Crippen MR) is 121 cm³/mol. The van der Waals surface area contributed by atoms with E-state index in [9.17, 15) is 0 Å². The number of halogens is 1. The summed E-state index contributed by atoms with van der Waals surface area (Å²) in [5, 5.41) is 0.800. The van der Waals surface area contributed by atoms with Crippen LogP contribution in [0.2, 0.25) is 11.3 Å². The van der Waals surface area contributed by atoms with E-state index in [-0.39, 0.29) is 0 Å². The second-order valence-electron chi connectivity index (χ2n) is 7.53. The zero-order valence-electron chi connectivity index (χ0n) is 16.7. The van der Waals surface area contributed by atoms with Crippen LogP contribution in [0.25, 0.3) is 0 Å². The second-order valence-corrected chi connectivity index (χ2v) is 7.97. The first-order chi connectivity index (χ1) is 13.7. The summed E-state index contributed by atoms with van der Waals surface area (Å²) in [7, 11) is 2.22. The summed E-state index contributed by atoms with van der Waals surface area (Å²) in [4.78, 5) is 7.54. The maximum Gasteiger partial charge on any atom is 0.152 e. The normalized spacial score (nSPS) is 14.2. The molecule has 1 N–H and O–H groups in total. The van der Waals surface area contributed by atoms with Crippen LogP contribution in [0.5, 0.6) is 0 Å². The highest BCUT2D eigenvalue weighted by atomic mass is 35.5. The van der Waals surface area contributed by atoms with Crippen molar-refractivity contribution in [2.45, 2.75) is 57.7 Å². The lowest BCUT2D eigenvalue weighted by molar-refractivity contribution is 0.436. The van der Waals surface area contributed by atoms with Crippen LogP contribution < -0.4 is 5.46 Å². The standard InChI is InChI=1S/C14H13BCl.C10H16N2/c16-14-8-4-7-13(11-14)15-10-9-12-5-2-1-3-6-12;1-8-10(12-7-11-8)9-5-3-2-4-6-9/h1-8,11H,9-10H2;7,9H,2-6H2,1H3,(H,11,12). The van der Waals surface area contributed by atoms with Gasteiger partial charge in [0.15, 0.2) is 7.28 Å². The Kier molecular flexibility index (Phi) is 8.23. The van der Waals surface area contributed by atoms with Gasteiger partial charge in [-0.25, -0.2) is 4.98 Å². The van der Waals surface area contributed by atoms with Crippen molar-refractivity contribution in [3.63, 3.8) is 0 Å². The highest BCUT2D eigenvalue weighted by Gasteiger charge is 2.18. The fourth-order valence-corrected chi connectivity index (χ4v) is 4.04. The minimum Gasteiger partial charge on any atom is -0.348 e. The van der Waals surface area contributed by atoms with E-state index in [2.05, 4.69) is 54.5 Å². The second kappa shape index (κ2) is 11.1. The van der Waals surface area contributed by atoms with Crippen LogP contribution in [-0.2, 0) is 6.42 Å². The lowest BCUT2D eigenvalue weighted by Gasteiger charge is -2.20. The van der Waals surface area contributed by atoms with E-state index >= 15 is 0 Å². The molecule has 0 spiro atoms. The predicted octanol–water partition coefficient (Wildman–Crippen LogP) is 6.10. The minimum atomic E-state index is 0.741. The van der Waals surface area contributed by atoms with E-state index in [0.29, 0.717) is 0 Å². The number of benzene rings is 2. The number of rotatable bonds is 5. The Labute approximate surface area is 175 Å². The first-order valence-electron chi connectivity index (χ1n) is 10.3. The Morgan fingerprint density at radius 2 is 1.82 bits per heavy atom. The maximum absolute atomic E-state index is 5.92. The van der Waals surface area contributed by atoms with Crippen molar-refractivity contribution in [3.05, 3.63) is 82.9 Å². The Morgan fingerprint density at radius 1 is 1.04 bits per heavy atom. The molecule has 0 aliphatic heterocycles. The van der Waals surface area contributed by atoms with Gasteiger partial charge in [-0.2, -0.15) is 0 Å². The van der Waals surface area contributed by atoms with Crippen LogP contribution in [-0.4, -0.2) is 17.2 Å². The summed E-state index contributed by atoms with van der Waals surface area (Å²) in [6.45, 7) is 2.12. The number of nitrogens with zero attached hydrogens (tertiary/aromatic N) is 1. The van der Waals surface area contributed by atoms with Gasteiger partial charge in [0.25, 0.3) is 0 Å². The van der Waals surface area contributed by atoms with Crippen LogP contribution in [0.3, 0.4) is 0 Å². The first kappa shape index (κ1) is 20.7. The van der Waals surface area contributed by atoms with Crippen molar-refractivity contribution in [2.24, 2.45) is 0 Å². The fraction of sp³-hybridized carbons (Fsp3) is 0.375. The molecule has 1 aliphatic carbocycles. The number of nitrogens with one attached hydrogen (secondary N) is 1. The van der Waals surface area contributed by atoms with Crippen molar-refractivity contribution in [1.82, 2.24) is 9.97 Å². The Hall–Kier alpha value is -2.00. The van der Waals surface area contributed by atoms with Gasteiger partial charge in [0, 0.05) is 16.6 Å². The summed E-state index contributed by atoms with van der Waals surface area (Å²) < 4.78 is 0. The lowest BCUT2D eigenvalue weighted by Crippen LogP contribution is -2.13. The number of imidazole rings is 1. The van der Waals surface area contributed by atoms with Crippen molar-refractivity contribution >= 4 is 24.3 Å². The van der Waals surface area contributed by atoms with Gasteiger partial charge in [-0.15, -0.1) is 0 Å². The summed E-state index contributed by atoms with van der Waals surface area (Å²) in [6.07, 6.45) is 10.8. The quantitative estimate of drug-likeness (QED) is 0.523. The zero-order chi connectivity index (χ0) is 19.6. The number of aromatic nitrogens is 2. The molecule has 3 aromatic rings. The largest absolute Gasteiger partial charge is 0.348 e. The minimum absolute atomic E-state index is 0.741. The van der Waals surface area contributed by atoms with Gasteiger partial charge in [0.1, 0.15) is 0 Å². The van der Waals surface area contributed by atoms with E-state index in [1.165, 1.54) is 54.5 Å². The van der Waals surface area contributed by atoms with Gasteiger partial charge in [0.05, 0.1) is 12.0 Å². The average Bonchev–Trinajstić information content (AvgIpc) is 3.16. The Balaban J connectivity index is 0.000000167. The summed E-state index contributed by atoms with van der Waals surface area (Å²) >= 11 is 5.92. The third kappa shape index (κ3) is 6.56. The highest BCUT2D eigenvalue weighted by Crippen LogP contribution is 2.32. The number of aromatic amines is 1. The monoisotopic (exact) mass is 391 g/mol. The van der Waals surface area contributed by atoms with Crippen LogP contribution >= 0.6 is 11.6 Å². The molecule has 2 aromatic carbocycles. The molecule has 1 saturated carbocycles. The van der Waals surface area contributed by atoms with Gasteiger partial charge >= 0.3 is 0 Å². The van der Waals surface area contributed by atoms with Crippen LogP contribution in [0.1, 0.15) is 55.0 Å². The molecule has 28 heavy (non-hydrogen) atoms. The molecule has 2 nitrogen and oxygen atoms in total. The van der Waals surface area contributed by atoms with Crippen molar-refractivity contribution in [2.75, 3.05) is 0 Å². The average molecular weight is 392 g/mol. The fourth-order valence-electron chi connectivity index (χ4n) is 3.84. The van der Waals surface area contributed by atoms with E-state index in [0.717, 1.165) is 23.7 Å². The van der Waals surface area contributed by atoms with Gasteiger partial charge < -0.3 is 4.98 Å². The molecule has 1 aromatic heterocycles. The zero-order valence-corrected chi connectivity index (χ0v) is 17.5. The van der Waals surface area contributed by atoms with E-state index in [1.54, 1.807) is 0 Å². The molecule has 0 bridgehead atoms. The molecule has 0 unspecified atom stereocenters. The molecule has 1 fully saturated rings. The number of aryl methyl sites for hydroxylation is 2. The lowest BCUT2D eigenvalue weighted by atomic mass is 9.66. The number of hydrogen-bond acceptors (Lipinski definition) is 1. The smallest absolute Gasteiger partial charge is 0.152 e. The van der Waals surface area contributed by atoms with Gasteiger partial charge in [-0.3, -0.25) is 0 Å². The van der Waals surface area contributed by atoms with Crippen molar-refractivity contribution < 1.29 is 0 Å². The number of H-pyrrole nitrogens is 1. The van der Waals surface area contributed by atoms with E-state index in [1.807, 2.05) is 30.6 Å². The Morgan fingerprint density at radius 3 is 2.50 bits per heavy atom. The van der Waals surface area contributed by atoms with Crippen LogP contribution in [0.4, 0.5) is 0 Å². The van der Waals surface area contributed by atoms with Gasteiger partial charge in [-0.1, -0.05) is 85.1 Å². The molecule has 4 heteroatoms. The molecule has 145 valence electrons. The highest BCUT2D eigenvalue weighted by molar-refractivity contribution is 6.53. The molecule has 1 aliphatic rings. The number of hydrogen-bond donors (Lipinski definition) is 1. The first-order valence-corrected chi connectivity index (χ1v) is 10.7. The SMILES string of the molecule is Cc1[nH]cnc1C1CCCCC1.Clc1cccc([B]CCc2ccccc2)c1. The maximum atomic E-state index is 5.92. The van der Waals surface area contributed by atoms with Crippen LogP contribution in [0, 0.1) is 6.92 Å². The molecule has 0 atom stereocenters. The molecule has 1 radical (unpaired) electrons. The molecule has 0 amide bonds. The van der Waals surface area contributed by atoms with E-state index in [4.69, 9.17) is 11.6 Å². The Bertz CT molecular complexity index is 825. The van der Waals surface area contributed by atoms with Gasteiger partial charge in [-0.05, 0) is 43.9 Å². The molecule has 0 saturated heterocycles. The summed E-state index contributed by atoms with van der Waals surface area (Å²) in [6, 6.07) is 18.5.